The topological polar surface area (TPSA) is 76.6 Å². The predicted molar refractivity (Wildman–Crippen MR) is 111 cm³/mol. The second-order valence-corrected chi connectivity index (χ2v) is 6.88. The van der Waals surface area contributed by atoms with Crippen LogP contribution in [0.3, 0.4) is 0 Å². The Kier molecular flexibility index (Phi) is 5.03. The number of nitrogens with one attached hydrogen (secondary N) is 1. The molecule has 2 aromatic carbocycles. The number of hydrogen-bond acceptors (Lipinski definition) is 6. The molecule has 0 radical (unpaired) electrons. The number of anilines is 3. The molecule has 1 N–H and O–H groups in total. The van der Waals surface area contributed by atoms with Crippen LogP contribution in [0.15, 0.2) is 54.6 Å². The van der Waals surface area contributed by atoms with E-state index in [1.54, 1.807) is 24.3 Å². The van der Waals surface area contributed by atoms with E-state index in [0.29, 0.717) is 28.9 Å². The molecule has 29 heavy (non-hydrogen) atoms. The highest BCUT2D eigenvalue weighted by Crippen LogP contribution is 2.36. The highest BCUT2D eigenvalue weighted by Gasteiger charge is 2.27. The summed E-state index contributed by atoms with van der Waals surface area (Å²) < 4.78 is 10.4. The lowest BCUT2D eigenvalue weighted by molar-refractivity contribution is 0.102. The van der Waals surface area contributed by atoms with Gasteiger partial charge in [0.25, 0.3) is 5.91 Å². The fourth-order valence-corrected chi connectivity index (χ4v) is 3.56. The van der Waals surface area contributed by atoms with Crippen LogP contribution in [0, 0.1) is 0 Å². The smallest absolute Gasteiger partial charge is 0.257 e. The first-order valence-corrected chi connectivity index (χ1v) is 9.34. The average molecular weight is 390 g/mol. The normalized spacial score (nSPS) is 15.0. The number of carbonyl (C=O) groups is 1. The Morgan fingerprint density at radius 3 is 2.41 bits per heavy atom. The molecule has 0 bridgehead atoms. The van der Waals surface area contributed by atoms with Crippen LogP contribution in [0.25, 0.3) is 0 Å². The fraction of sp³-hybridized carbons (Fsp3) is 0.227. The van der Waals surface area contributed by atoms with Gasteiger partial charge >= 0.3 is 0 Å². The molecule has 148 valence electrons. The largest absolute Gasteiger partial charge is 0.497 e. The zero-order valence-corrected chi connectivity index (χ0v) is 16.5. The number of amides is 1. The molecule has 7 heteroatoms. The SMILES string of the molecule is COc1cc(OC)cc(C(=O)Nc2ccc(N3c4ccccc4CC3C)nn2)c1. The van der Waals surface area contributed by atoms with Crippen LogP contribution in [-0.2, 0) is 6.42 Å². The first-order valence-electron chi connectivity index (χ1n) is 9.34. The Hall–Kier alpha value is -3.61. The van der Waals surface area contributed by atoms with Gasteiger partial charge in [-0.05, 0) is 49.2 Å². The maximum absolute atomic E-state index is 12.6. The van der Waals surface area contributed by atoms with Crippen LogP contribution in [0.4, 0.5) is 17.3 Å². The number of aromatic nitrogens is 2. The maximum Gasteiger partial charge on any atom is 0.257 e. The molecule has 3 aromatic rings. The zero-order chi connectivity index (χ0) is 20.4. The molecule has 1 atom stereocenters. The van der Waals surface area contributed by atoms with Crippen molar-refractivity contribution in [2.45, 2.75) is 19.4 Å². The van der Waals surface area contributed by atoms with E-state index in [0.717, 1.165) is 17.9 Å². The van der Waals surface area contributed by atoms with E-state index >= 15 is 0 Å². The Morgan fingerprint density at radius 2 is 1.76 bits per heavy atom. The predicted octanol–water partition coefficient (Wildman–Crippen LogP) is 3.83. The lowest BCUT2D eigenvalue weighted by atomic mass is 10.1. The van der Waals surface area contributed by atoms with Crippen LogP contribution < -0.4 is 19.7 Å². The van der Waals surface area contributed by atoms with E-state index in [2.05, 4.69) is 39.5 Å². The van der Waals surface area contributed by atoms with Crippen molar-refractivity contribution in [3.8, 4) is 11.5 Å². The Labute approximate surface area is 169 Å². The molecular weight excluding hydrogens is 368 g/mol. The molecule has 0 fully saturated rings. The molecule has 4 rings (SSSR count). The first kappa shape index (κ1) is 18.7. The van der Waals surface area contributed by atoms with Crippen molar-refractivity contribution in [1.29, 1.82) is 0 Å². The van der Waals surface area contributed by atoms with Crippen molar-refractivity contribution < 1.29 is 14.3 Å². The van der Waals surface area contributed by atoms with Gasteiger partial charge in [-0.15, -0.1) is 10.2 Å². The van der Waals surface area contributed by atoms with Crippen molar-refractivity contribution >= 4 is 23.2 Å². The Morgan fingerprint density at radius 1 is 1.03 bits per heavy atom. The van der Waals surface area contributed by atoms with E-state index in [4.69, 9.17) is 9.47 Å². The van der Waals surface area contributed by atoms with Gasteiger partial charge in [0.1, 0.15) is 11.5 Å². The second kappa shape index (κ2) is 7.79. The number of rotatable bonds is 5. The van der Waals surface area contributed by atoms with Gasteiger partial charge in [-0.25, -0.2) is 0 Å². The highest BCUT2D eigenvalue weighted by atomic mass is 16.5. The minimum atomic E-state index is -0.316. The quantitative estimate of drug-likeness (QED) is 0.714. The fourth-order valence-electron chi connectivity index (χ4n) is 3.56. The lowest BCUT2D eigenvalue weighted by Gasteiger charge is -2.23. The average Bonchev–Trinajstić information content (AvgIpc) is 3.09. The second-order valence-electron chi connectivity index (χ2n) is 6.88. The van der Waals surface area contributed by atoms with E-state index in [1.807, 2.05) is 18.2 Å². The van der Waals surface area contributed by atoms with Gasteiger partial charge in [-0.1, -0.05) is 18.2 Å². The summed E-state index contributed by atoms with van der Waals surface area (Å²) in [7, 11) is 3.08. The number of fused-ring (bicyclic) bond motifs is 1. The van der Waals surface area contributed by atoms with E-state index < -0.39 is 0 Å². The summed E-state index contributed by atoms with van der Waals surface area (Å²) in [6.07, 6.45) is 0.966. The molecule has 0 saturated carbocycles. The van der Waals surface area contributed by atoms with Gasteiger partial charge in [0.05, 0.1) is 14.2 Å². The van der Waals surface area contributed by atoms with Crippen LogP contribution >= 0.6 is 0 Å². The summed E-state index contributed by atoms with van der Waals surface area (Å²) in [6.45, 7) is 2.16. The van der Waals surface area contributed by atoms with Crippen molar-refractivity contribution in [3.63, 3.8) is 0 Å². The van der Waals surface area contributed by atoms with Gasteiger partial charge < -0.3 is 19.7 Å². The van der Waals surface area contributed by atoms with Crippen LogP contribution in [0.5, 0.6) is 11.5 Å². The third kappa shape index (κ3) is 3.71. The molecule has 0 aliphatic carbocycles. The summed E-state index contributed by atoms with van der Waals surface area (Å²) in [5, 5.41) is 11.3. The summed E-state index contributed by atoms with van der Waals surface area (Å²) in [5.41, 5.74) is 2.86. The summed E-state index contributed by atoms with van der Waals surface area (Å²) in [4.78, 5) is 14.8. The molecule has 1 unspecified atom stereocenters. The van der Waals surface area contributed by atoms with Crippen LogP contribution in [-0.4, -0.2) is 36.4 Å². The standard InChI is InChI=1S/C22H22N4O3/c1-14-10-15-6-4-5-7-19(15)26(14)21-9-8-20(24-25-21)23-22(27)16-11-17(28-2)13-18(12-16)29-3/h4-9,11-14H,10H2,1-3H3,(H,23,24,27). The molecule has 2 heterocycles. The number of carbonyl (C=O) groups excluding carboxylic acids is 1. The summed E-state index contributed by atoms with van der Waals surface area (Å²) >= 11 is 0. The van der Waals surface area contributed by atoms with Crippen molar-refractivity contribution in [2.24, 2.45) is 0 Å². The first-order chi connectivity index (χ1) is 14.1. The Bertz CT molecular complexity index is 1010. The molecule has 7 nitrogen and oxygen atoms in total. The van der Waals surface area contributed by atoms with Gasteiger partial charge in [-0.3, -0.25) is 4.79 Å². The van der Waals surface area contributed by atoms with Crippen LogP contribution in [0.2, 0.25) is 0 Å². The maximum atomic E-state index is 12.6. The molecule has 0 saturated heterocycles. The van der Waals surface area contributed by atoms with Crippen molar-refractivity contribution in [2.75, 3.05) is 24.4 Å². The molecule has 1 aliphatic heterocycles. The van der Waals surface area contributed by atoms with Gasteiger partial charge in [0.2, 0.25) is 0 Å². The van der Waals surface area contributed by atoms with Gasteiger partial charge in [-0.2, -0.15) is 0 Å². The zero-order valence-electron chi connectivity index (χ0n) is 16.5. The number of hydrogen-bond donors (Lipinski definition) is 1. The van der Waals surface area contributed by atoms with E-state index in [1.165, 1.54) is 19.8 Å². The number of nitrogens with zero attached hydrogens (tertiary/aromatic N) is 3. The van der Waals surface area contributed by atoms with Crippen LogP contribution in [0.1, 0.15) is 22.8 Å². The van der Waals surface area contributed by atoms with Gasteiger partial charge in [0.15, 0.2) is 11.6 Å². The molecular formula is C22H22N4O3. The third-order valence-corrected chi connectivity index (χ3v) is 4.96. The number of para-hydroxylation sites is 1. The Balaban J connectivity index is 1.53. The molecule has 1 amide bonds. The van der Waals surface area contributed by atoms with E-state index in [9.17, 15) is 4.79 Å². The van der Waals surface area contributed by atoms with Gasteiger partial charge in [0, 0.05) is 23.4 Å². The summed E-state index contributed by atoms with van der Waals surface area (Å²) in [6, 6.07) is 17.2. The molecule has 1 aliphatic rings. The number of benzene rings is 2. The monoisotopic (exact) mass is 390 g/mol. The number of methoxy groups -OCH3 is 2. The molecule has 0 spiro atoms. The minimum absolute atomic E-state index is 0.298. The van der Waals surface area contributed by atoms with Crippen molar-refractivity contribution in [1.82, 2.24) is 10.2 Å². The minimum Gasteiger partial charge on any atom is -0.497 e. The number of ether oxygens (including phenoxy) is 2. The van der Waals surface area contributed by atoms with E-state index in [-0.39, 0.29) is 5.91 Å². The lowest BCUT2D eigenvalue weighted by Crippen LogP contribution is -2.25. The summed E-state index contributed by atoms with van der Waals surface area (Å²) in [5.74, 6) is 1.89. The highest BCUT2D eigenvalue weighted by molar-refractivity contribution is 6.04. The molecule has 1 aromatic heterocycles. The van der Waals surface area contributed by atoms with Crippen molar-refractivity contribution in [3.05, 3.63) is 65.7 Å². The third-order valence-electron chi connectivity index (χ3n) is 4.96.